The van der Waals surface area contributed by atoms with Crippen LogP contribution in [0.2, 0.25) is 0 Å². The molecule has 0 spiro atoms. The molecule has 0 radical (unpaired) electrons. The first-order valence-corrected chi connectivity index (χ1v) is 10.3. The first kappa shape index (κ1) is 15.4. The number of aromatic nitrogens is 2. The number of nitrogens with one attached hydrogen (secondary N) is 1. The molecule has 0 aliphatic heterocycles. The van der Waals surface area contributed by atoms with Gasteiger partial charge in [-0.05, 0) is 44.1 Å². The van der Waals surface area contributed by atoms with Crippen molar-refractivity contribution in [3.63, 3.8) is 0 Å². The van der Waals surface area contributed by atoms with Crippen molar-refractivity contribution < 1.29 is 4.79 Å². The van der Waals surface area contributed by atoms with Crippen LogP contribution in [-0.2, 0) is 17.6 Å². The van der Waals surface area contributed by atoms with E-state index < -0.39 is 0 Å². The van der Waals surface area contributed by atoms with E-state index >= 15 is 0 Å². The summed E-state index contributed by atoms with van der Waals surface area (Å²) in [4.78, 5) is 23.6. The van der Waals surface area contributed by atoms with Gasteiger partial charge in [0.05, 0.1) is 5.75 Å². The van der Waals surface area contributed by atoms with Crippen LogP contribution in [0.3, 0.4) is 0 Å². The third kappa shape index (κ3) is 3.24. The van der Waals surface area contributed by atoms with Gasteiger partial charge in [0.1, 0.15) is 16.2 Å². The summed E-state index contributed by atoms with van der Waals surface area (Å²) in [6.07, 6.45) is 11.2. The molecule has 0 atom stereocenters. The Balaban J connectivity index is 1.50. The van der Waals surface area contributed by atoms with Crippen molar-refractivity contribution in [1.82, 2.24) is 15.3 Å². The van der Waals surface area contributed by atoms with Crippen molar-refractivity contribution in [3.05, 3.63) is 16.8 Å². The molecule has 2 aliphatic rings. The number of nitrogens with zero attached hydrogens (tertiary/aromatic N) is 2. The van der Waals surface area contributed by atoms with E-state index in [2.05, 4.69) is 15.3 Å². The van der Waals surface area contributed by atoms with E-state index in [0.717, 1.165) is 29.1 Å². The van der Waals surface area contributed by atoms with Gasteiger partial charge in [0.25, 0.3) is 0 Å². The van der Waals surface area contributed by atoms with Crippen molar-refractivity contribution in [3.8, 4) is 0 Å². The summed E-state index contributed by atoms with van der Waals surface area (Å²) >= 11 is 3.37. The number of hydrogen-bond acceptors (Lipinski definition) is 5. The lowest BCUT2D eigenvalue weighted by atomic mass is 9.97. The predicted molar refractivity (Wildman–Crippen MR) is 95.2 cm³/mol. The average molecular weight is 348 g/mol. The molecule has 2 aromatic rings. The van der Waals surface area contributed by atoms with Crippen LogP contribution in [0.15, 0.2) is 11.4 Å². The number of hydrogen-bond donors (Lipinski definition) is 1. The van der Waals surface area contributed by atoms with Gasteiger partial charge in [-0.25, -0.2) is 9.97 Å². The predicted octanol–water partition coefficient (Wildman–Crippen LogP) is 3.72. The van der Waals surface area contributed by atoms with Crippen LogP contribution < -0.4 is 5.32 Å². The largest absolute Gasteiger partial charge is 0.353 e. The van der Waals surface area contributed by atoms with Gasteiger partial charge in [0.2, 0.25) is 5.91 Å². The lowest BCUT2D eigenvalue weighted by Crippen LogP contribution is -2.33. The van der Waals surface area contributed by atoms with E-state index in [0.29, 0.717) is 11.8 Å². The number of rotatable bonds is 4. The molecule has 2 heterocycles. The lowest BCUT2D eigenvalue weighted by molar-refractivity contribution is -0.119. The molecule has 4 nitrogen and oxygen atoms in total. The minimum Gasteiger partial charge on any atom is -0.353 e. The lowest BCUT2D eigenvalue weighted by Gasteiger charge is -2.12. The summed E-state index contributed by atoms with van der Waals surface area (Å²) in [5.41, 5.74) is 1.44. The summed E-state index contributed by atoms with van der Waals surface area (Å²) in [7, 11) is 0. The van der Waals surface area contributed by atoms with Gasteiger partial charge in [0.15, 0.2) is 0 Å². The molecule has 0 aromatic carbocycles. The van der Waals surface area contributed by atoms with Crippen LogP contribution >= 0.6 is 23.1 Å². The Hall–Kier alpha value is -1.14. The molecule has 0 unspecified atom stereocenters. The number of carbonyl (C=O) groups excluding carboxylic acids is 1. The normalized spacial score (nSPS) is 18.3. The Bertz CT molecular complexity index is 722. The van der Waals surface area contributed by atoms with Crippen molar-refractivity contribution in [2.75, 3.05) is 5.75 Å². The Kier molecular flexibility index (Phi) is 4.53. The molecule has 1 saturated carbocycles. The summed E-state index contributed by atoms with van der Waals surface area (Å²) in [6, 6.07) is 0.391. The molecular formula is C17H21N3OS2. The molecule has 122 valence electrons. The summed E-state index contributed by atoms with van der Waals surface area (Å²) < 4.78 is 0. The SMILES string of the molecule is O=C(CSc1ncnc2sc3c(c12)CCCC3)NC1CCCC1. The van der Waals surface area contributed by atoms with Crippen LogP contribution in [0.25, 0.3) is 10.2 Å². The quantitative estimate of drug-likeness (QED) is 0.676. The Labute approximate surface area is 144 Å². The van der Waals surface area contributed by atoms with E-state index in [1.54, 1.807) is 18.1 Å². The second-order valence-electron chi connectivity index (χ2n) is 6.41. The first-order valence-electron chi connectivity index (χ1n) is 8.48. The highest BCUT2D eigenvalue weighted by Gasteiger charge is 2.21. The fourth-order valence-electron chi connectivity index (χ4n) is 3.64. The third-order valence-electron chi connectivity index (χ3n) is 4.78. The van der Waals surface area contributed by atoms with Crippen molar-refractivity contribution in [1.29, 1.82) is 0 Å². The zero-order chi connectivity index (χ0) is 15.6. The van der Waals surface area contributed by atoms with Crippen LogP contribution in [0, 0.1) is 0 Å². The zero-order valence-electron chi connectivity index (χ0n) is 13.1. The Morgan fingerprint density at radius 2 is 2.04 bits per heavy atom. The Morgan fingerprint density at radius 1 is 1.22 bits per heavy atom. The van der Waals surface area contributed by atoms with Gasteiger partial charge >= 0.3 is 0 Å². The van der Waals surface area contributed by atoms with Gasteiger partial charge < -0.3 is 5.32 Å². The summed E-state index contributed by atoms with van der Waals surface area (Å²) in [6.45, 7) is 0. The topological polar surface area (TPSA) is 54.9 Å². The standard InChI is InChI=1S/C17H21N3OS2/c21-14(20-11-5-1-2-6-11)9-22-16-15-12-7-3-4-8-13(12)23-17(15)19-10-18-16/h10-11H,1-9H2,(H,20,21). The number of thioether (sulfide) groups is 1. The number of carbonyl (C=O) groups is 1. The van der Waals surface area contributed by atoms with Gasteiger partial charge in [-0.15, -0.1) is 11.3 Å². The Morgan fingerprint density at radius 3 is 2.91 bits per heavy atom. The number of fused-ring (bicyclic) bond motifs is 3. The van der Waals surface area contributed by atoms with E-state index in [-0.39, 0.29) is 5.91 Å². The van der Waals surface area contributed by atoms with Gasteiger partial charge in [0, 0.05) is 16.3 Å². The molecule has 1 amide bonds. The van der Waals surface area contributed by atoms with E-state index in [1.165, 1.54) is 47.9 Å². The molecular weight excluding hydrogens is 326 g/mol. The smallest absolute Gasteiger partial charge is 0.230 e. The number of aryl methyl sites for hydroxylation is 2. The summed E-state index contributed by atoms with van der Waals surface area (Å²) in [5.74, 6) is 0.588. The second-order valence-corrected chi connectivity index (χ2v) is 8.46. The molecule has 1 N–H and O–H groups in total. The molecule has 2 aliphatic carbocycles. The van der Waals surface area contributed by atoms with Gasteiger partial charge in [-0.1, -0.05) is 24.6 Å². The highest BCUT2D eigenvalue weighted by Crippen LogP contribution is 2.39. The van der Waals surface area contributed by atoms with E-state index in [9.17, 15) is 4.79 Å². The van der Waals surface area contributed by atoms with Crippen molar-refractivity contribution in [2.45, 2.75) is 62.4 Å². The van der Waals surface area contributed by atoms with E-state index in [1.807, 2.05) is 11.3 Å². The molecule has 4 rings (SSSR count). The molecule has 6 heteroatoms. The van der Waals surface area contributed by atoms with Gasteiger partial charge in [-0.2, -0.15) is 0 Å². The third-order valence-corrected chi connectivity index (χ3v) is 6.97. The monoisotopic (exact) mass is 347 g/mol. The fraction of sp³-hybridized carbons (Fsp3) is 0.588. The molecule has 0 saturated heterocycles. The van der Waals surface area contributed by atoms with Crippen LogP contribution in [0.1, 0.15) is 49.0 Å². The van der Waals surface area contributed by atoms with Crippen molar-refractivity contribution in [2.24, 2.45) is 0 Å². The fourth-order valence-corrected chi connectivity index (χ4v) is 5.77. The maximum Gasteiger partial charge on any atom is 0.230 e. The number of thiophene rings is 1. The minimum absolute atomic E-state index is 0.137. The first-order chi connectivity index (χ1) is 11.3. The van der Waals surface area contributed by atoms with Crippen LogP contribution in [0.4, 0.5) is 0 Å². The van der Waals surface area contributed by atoms with Crippen LogP contribution in [0.5, 0.6) is 0 Å². The molecule has 1 fully saturated rings. The van der Waals surface area contributed by atoms with Crippen molar-refractivity contribution >= 4 is 39.2 Å². The maximum absolute atomic E-state index is 12.2. The minimum atomic E-state index is 0.137. The van der Waals surface area contributed by atoms with Gasteiger partial charge in [-0.3, -0.25) is 4.79 Å². The molecule has 0 bridgehead atoms. The van der Waals surface area contributed by atoms with E-state index in [4.69, 9.17) is 0 Å². The van der Waals surface area contributed by atoms with Crippen LogP contribution in [-0.4, -0.2) is 27.7 Å². The summed E-state index contributed by atoms with van der Waals surface area (Å²) in [5, 5.41) is 5.35. The maximum atomic E-state index is 12.2. The zero-order valence-corrected chi connectivity index (χ0v) is 14.8. The highest BCUT2D eigenvalue weighted by atomic mass is 32.2. The average Bonchev–Trinajstić information content (AvgIpc) is 3.20. The second kappa shape index (κ2) is 6.77. The highest BCUT2D eigenvalue weighted by molar-refractivity contribution is 8.00. The molecule has 23 heavy (non-hydrogen) atoms. The molecule has 2 aromatic heterocycles. The number of amides is 1.